The monoisotopic (exact) mass is 523 g/mol. The molecule has 192 valence electrons. The van der Waals surface area contributed by atoms with Crippen molar-refractivity contribution in [3.05, 3.63) is 102 Å². The molecule has 36 heavy (non-hydrogen) atoms. The SMILES string of the molecule is CCCCN(Cc1ccccc1)Cc1c(-c2ccccc2)nc(-c2ccccc2)n1CCCC.Cl.Cl. The lowest BCUT2D eigenvalue weighted by Crippen LogP contribution is -2.26. The van der Waals surface area contributed by atoms with E-state index in [1.165, 1.54) is 35.2 Å². The molecule has 3 aromatic carbocycles. The van der Waals surface area contributed by atoms with Crippen LogP contribution in [0.15, 0.2) is 91.0 Å². The summed E-state index contributed by atoms with van der Waals surface area (Å²) in [5.41, 5.74) is 6.18. The zero-order chi connectivity index (χ0) is 23.6. The summed E-state index contributed by atoms with van der Waals surface area (Å²) in [6.07, 6.45) is 4.70. The van der Waals surface area contributed by atoms with E-state index in [9.17, 15) is 0 Å². The molecule has 0 aliphatic carbocycles. The predicted molar refractivity (Wildman–Crippen MR) is 158 cm³/mol. The predicted octanol–water partition coefficient (Wildman–Crippen LogP) is 8.66. The molecule has 0 fully saturated rings. The van der Waals surface area contributed by atoms with Crippen LogP contribution in [0.1, 0.15) is 50.8 Å². The average Bonchev–Trinajstić information content (AvgIpc) is 3.25. The number of rotatable bonds is 12. The maximum Gasteiger partial charge on any atom is 0.140 e. The van der Waals surface area contributed by atoms with E-state index in [2.05, 4.69) is 114 Å². The Morgan fingerprint density at radius 2 is 1.22 bits per heavy atom. The summed E-state index contributed by atoms with van der Waals surface area (Å²) in [7, 11) is 0. The molecular weight excluding hydrogens is 485 g/mol. The zero-order valence-corrected chi connectivity index (χ0v) is 23.1. The third-order valence-electron chi connectivity index (χ3n) is 6.34. The van der Waals surface area contributed by atoms with Crippen LogP contribution in [-0.2, 0) is 19.6 Å². The van der Waals surface area contributed by atoms with E-state index in [-0.39, 0.29) is 24.8 Å². The molecule has 0 unspecified atom stereocenters. The minimum Gasteiger partial charge on any atom is -0.326 e. The molecule has 0 atom stereocenters. The van der Waals surface area contributed by atoms with E-state index >= 15 is 0 Å². The lowest BCUT2D eigenvalue weighted by atomic mass is 10.1. The first kappa shape index (κ1) is 29.6. The molecule has 0 saturated carbocycles. The lowest BCUT2D eigenvalue weighted by molar-refractivity contribution is 0.246. The second kappa shape index (κ2) is 15.5. The Morgan fingerprint density at radius 3 is 1.81 bits per heavy atom. The minimum atomic E-state index is 0. The Morgan fingerprint density at radius 1 is 0.667 bits per heavy atom. The van der Waals surface area contributed by atoms with E-state index in [1.807, 2.05) is 0 Å². The van der Waals surface area contributed by atoms with Crippen molar-refractivity contribution in [3.63, 3.8) is 0 Å². The van der Waals surface area contributed by atoms with E-state index in [1.54, 1.807) is 0 Å². The number of imidazole rings is 1. The van der Waals surface area contributed by atoms with Gasteiger partial charge in [0.2, 0.25) is 0 Å². The summed E-state index contributed by atoms with van der Waals surface area (Å²) in [5.74, 6) is 1.08. The van der Waals surface area contributed by atoms with Crippen molar-refractivity contribution < 1.29 is 0 Å². The van der Waals surface area contributed by atoms with E-state index < -0.39 is 0 Å². The van der Waals surface area contributed by atoms with Gasteiger partial charge in [0.1, 0.15) is 5.82 Å². The Kier molecular flexibility index (Phi) is 12.8. The summed E-state index contributed by atoms with van der Waals surface area (Å²) in [4.78, 5) is 7.88. The van der Waals surface area contributed by atoms with Crippen LogP contribution in [0, 0.1) is 0 Å². The van der Waals surface area contributed by atoms with Gasteiger partial charge < -0.3 is 4.57 Å². The largest absolute Gasteiger partial charge is 0.326 e. The van der Waals surface area contributed by atoms with Crippen LogP contribution < -0.4 is 0 Å². The molecule has 1 aromatic heterocycles. The van der Waals surface area contributed by atoms with Crippen molar-refractivity contribution in [1.29, 1.82) is 0 Å². The third kappa shape index (κ3) is 7.70. The maximum absolute atomic E-state index is 5.28. The molecule has 4 aromatic rings. The van der Waals surface area contributed by atoms with Crippen molar-refractivity contribution in [2.75, 3.05) is 6.54 Å². The quantitative estimate of drug-likeness (QED) is 0.185. The molecule has 0 bridgehead atoms. The molecule has 5 heteroatoms. The second-order valence-corrected chi connectivity index (χ2v) is 9.02. The molecule has 0 saturated heterocycles. The fourth-order valence-corrected chi connectivity index (χ4v) is 4.49. The Labute approximate surface area is 229 Å². The number of hydrogen-bond donors (Lipinski definition) is 0. The first-order chi connectivity index (χ1) is 16.8. The molecule has 4 rings (SSSR count). The van der Waals surface area contributed by atoms with Crippen LogP contribution in [-0.4, -0.2) is 21.0 Å². The van der Waals surface area contributed by atoms with Crippen LogP contribution >= 0.6 is 24.8 Å². The van der Waals surface area contributed by atoms with Gasteiger partial charge in [0, 0.05) is 30.8 Å². The Hall–Kier alpha value is -2.59. The van der Waals surface area contributed by atoms with Crippen molar-refractivity contribution in [3.8, 4) is 22.6 Å². The van der Waals surface area contributed by atoms with Gasteiger partial charge in [-0.2, -0.15) is 0 Å². The van der Waals surface area contributed by atoms with E-state index in [0.717, 1.165) is 50.5 Å². The molecule has 3 nitrogen and oxygen atoms in total. The van der Waals surface area contributed by atoms with Crippen molar-refractivity contribution in [2.24, 2.45) is 0 Å². The number of hydrogen-bond acceptors (Lipinski definition) is 2. The Balaban J connectivity index is 0.00000228. The van der Waals surface area contributed by atoms with Crippen molar-refractivity contribution in [1.82, 2.24) is 14.5 Å². The normalized spacial score (nSPS) is 10.6. The van der Waals surface area contributed by atoms with Gasteiger partial charge in [-0.1, -0.05) is 118 Å². The average molecular weight is 525 g/mol. The van der Waals surface area contributed by atoms with Gasteiger partial charge in [-0.25, -0.2) is 4.98 Å². The Bertz CT molecular complexity index is 1130. The van der Waals surface area contributed by atoms with Gasteiger partial charge in [-0.3, -0.25) is 4.90 Å². The lowest BCUT2D eigenvalue weighted by Gasteiger charge is -2.24. The highest BCUT2D eigenvalue weighted by atomic mass is 35.5. The third-order valence-corrected chi connectivity index (χ3v) is 6.34. The number of unbranched alkanes of at least 4 members (excludes halogenated alkanes) is 2. The molecule has 1 heterocycles. The van der Waals surface area contributed by atoms with Crippen molar-refractivity contribution in [2.45, 2.75) is 59.2 Å². The van der Waals surface area contributed by atoms with Crippen molar-refractivity contribution >= 4 is 24.8 Å². The molecule has 0 aliphatic heterocycles. The maximum atomic E-state index is 5.28. The highest BCUT2D eigenvalue weighted by Gasteiger charge is 2.21. The highest BCUT2D eigenvalue weighted by molar-refractivity contribution is 5.85. The van der Waals surface area contributed by atoms with Gasteiger partial charge in [-0.15, -0.1) is 24.8 Å². The first-order valence-electron chi connectivity index (χ1n) is 12.8. The van der Waals surface area contributed by atoms with Gasteiger partial charge >= 0.3 is 0 Å². The molecule has 0 N–H and O–H groups in total. The summed E-state index contributed by atoms with van der Waals surface area (Å²) in [6, 6.07) is 32.2. The smallest absolute Gasteiger partial charge is 0.140 e. The number of halogens is 2. The molecule has 0 amide bonds. The molecule has 0 radical (unpaired) electrons. The highest BCUT2D eigenvalue weighted by Crippen LogP contribution is 2.31. The van der Waals surface area contributed by atoms with Crippen LogP contribution in [0.5, 0.6) is 0 Å². The number of nitrogens with zero attached hydrogens (tertiary/aromatic N) is 3. The summed E-state index contributed by atoms with van der Waals surface area (Å²) < 4.78 is 2.49. The van der Waals surface area contributed by atoms with Crippen LogP contribution in [0.4, 0.5) is 0 Å². The minimum absolute atomic E-state index is 0. The van der Waals surface area contributed by atoms with Gasteiger partial charge in [0.25, 0.3) is 0 Å². The van der Waals surface area contributed by atoms with Crippen LogP contribution in [0.25, 0.3) is 22.6 Å². The van der Waals surface area contributed by atoms with E-state index in [0.29, 0.717) is 0 Å². The summed E-state index contributed by atoms with van der Waals surface area (Å²) in [6.45, 7) is 8.45. The van der Waals surface area contributed by atoms with Crippen LogP contribution in [0.3, 0.4) is 0 Å². The van der Waals surface area contributed by atoms with Gasteiger partial charge in [0.15, 0.2) is 0 Å². The van der Waals surface area contributed by atoms with Gasteiger partial charge in [0.05, 0.1) is 11.4 Å². The summed E-state index contributed by atoms with van der Waals surface area (Å²) >= 11 is 0. The number of aromatic nitrogens is 2. The fourth-order valence-electron chi connectivity index (χ4n) is 4.49. The standard InChI is InChI=1S/C31H37N3.2ClH/c1-3-5-22-33(24-26-16-10-7-11-17-26)25-29-30(27-18-12-8-13-19-27)32-31(34(29)23-6-4-2)28-20-14-9-15-21-28;;/h7-21H,3-6,22-25H2,1-2H3;2*1H. The van der Waals surface area contributed by atoms with Gasteiger partial charge in [-0.05, 0) is 24.9 Å². The topological polar surface area (TPSA) is 21.1 Å². The number of benzene rings is 3. The molecular formula is C31H39Cl2N3. The first-order valence-corrected chi connectivity index (χ1v) is 12.8. The summed E-state index contributed by atoms with van der Waals surface area (Å²) in [5, 5.41) is 0. The van der Waals surface area contributed by atoms with Crippen LogP contribution in [0.2, 0.25) is 0 Å². The second-order valence-electron chi connectivity index (χ2n) is 9.02. The molecule has 0 aliphatic rings. The van der Waals surface area contributed by atoms with E-state index in [4.69, 9.17) is 4.98 Å². The zero-order valence-electron chi connectivity index (χ0n) is 21.5. The molecule has 0 spiro atoms. The fraction of sp³-hybridized carbons (Fsp3) is 0.323.